The number of nitrogens with one attached hydrogen (secondary N) is 2. The van der Waals surface area contributed by atoms with Crippen molar-refractivity contribution in [1.82, 2.24) is 25.1 Å². The highest BCUT2D eigenvalue weighted by Crippen LogP contribution is 2.39. The number of H-pyrrole nitrogens is 1. The van der Waals surface area contributed by atoms with Crippen molar-refractivity contribution in [3.63, 3.8) is 0 Å². The molecule has 1 saturated carbocycles. The average molecular weight is 402 g/mol. The Hall–Kier alpha value is -3.19. The molecule has 2 aromatic heterocycles. The molecule has 0 spiro atoms. The lowest BCUT2D eigenvalue weighted by Crippen LogP contribution is -2.44. The van der Waals surface area contributed by atoms with Crippen molar-refractivity contribution in [2.75, 3.05) is 43.4 Å². The van der Waals surface area contributed by atoms with Crippen LogP contribution < -0.4 is 10.2 Å². The molecule has 154 valence electrons. The van der Waals surface area contributed by atoms with E-state index >= 15 is 0 Å². The Kier molecular flexibility index (Phi) is 5.19. The van der Waals surface area contributed by atoms with Crippen LogP contribution in [0.25, 0.3) is 12.2 Å². The van der Waals surface area contributed by atoms with E-state index in [0.29, 0.717) is 11.7 Å². The van der Waals surface area contributed by atoms with E-state index in [2.05, 4.69) is 50.6 Å². The third-order valence-electron chi connectivity index (χ3n) is 5.65. The maximum atomic E-state index is 4.82. The van der Waals surface area contributed by atoms with E-state index in [0.717, 1.165) is 49.2 Å². The zero-order chi connectivity index (χ0) is 20.3. The number of rotatable bonds is 6. The maximum absolute atomic E-state index is 4.82. The van der Waals surface area contributed by atoms with Gasteiger partial charge in [-0.1, -0.05) is 36.4 Å². The SMILES string of the molecule is CN1CCN(c2cc(Nc3cc(C4CC4)[nH]n3)nc(C=Cc3ccccc3)n2)CC1. The standard InChI is InChI=1S/C23H27N7/c1-29-11-13-30(14-12-29)23-16-21(25-22-15-19(27-28-22)18-8-9-18)24-20(26-23)10-7-17-5-3-2-4-6-17/h2-7,10,15-16,18H,8-9,11-14H2,1H3,(H2,24,25,26,27,28). The first-order chi connectivity index (χ1) is 14.7. The van der Waals surface area contributed by atoms with Crippen LogP contribution >= 0.6 is 0 Å². The Morgan fingerprint density at radius 2 is 1.77 bits per heavy atom. The molecular weight excluding hydrogens is 374 g/mol. The summed E-state index contributed by atoms with van der Waals surface area (Å²) >= 11 is 0. The fraction of sp³-hybridized carbons (Fsp3) is 0.348. The molecule has 0 amide bonds. The molecule has 1 aliphatic heterocycles. The van der Waals surface area contributed by atoms with E-state index in [9.17, 15) is 0 Å². The van der Waals surface area contributed by atoms with E-state index in [1.807, 2.05) is 36.4 Å². The van der Waals surface area contributed by atoms with Crippen LogP contribution in [-0.4, -0.2) is 58.3 Å². The Morgan fingerprint density at radius 3 is 2.53 bits per heavy atom. The molecule has 7 heteroatoms. The molecule has 1 aliphatic carbocycles. The van der Waals surface area contributed by atoms with Gasteiger partial charge in [0, 0.05) is 49.9 Å². The summed E-state index contributed by atoms with van der Waals surface area (Å²) in [5, 5.41) is 10.9. The van der Waals surface area contributed by atoms with Crippen LogP contribution in [0.4, 0.5) is 17.5 Å². The lowest BCUT2D eigenvalue weighted by Gasteiger charge is -2.33. The number of hydrogen-bond acceptors (Lipinski definition) is 6. The van der Waals surface area contributed by atoms with Crippen molar-refractivity contribution in [1.29, 1.82) is 0 Å². The van der Waals surface area contributed by atoms with Crippen molar-refractivity contribution in [2.24, 2.45) is 0 Å². The number of nitrogens with zero attached hydrogens (tertiary/aromatic N) is 5. The molecule has 0 radical (unpaired) electrons. The van der Waals surface area contributed by atoms with Crippen LogP contribution in [0.1, 0.15) is 35.8 Å². The van der Waals surface area contributed by atoms with E-state index < -0.39 is 0 Å². The minimum atomic E-state index is 0.642. The third-order valence-corrected chi connectivity index (χ3v) is 5.65. The van der Waals surface area contributed by atoms with E-state index in [1.54, 1.807) is 0 Å². The molecule has 7 nitrogen and oxygen atoms in total. The minimum absolute atomic E-state index is 0.642. The summed E-state index contributed by atoms with van der Waals surface area (Å²) in [6.45, 7) is 3.99. The van der Waals surface area contributed by atoms with Gasteiger partial charge >= 0.3 is 0 Å². The van der Waals surface area contributed by atoms with Crippen LogP contribution in [-0.2, 0) is 0 Å². The minimum Gasteiger partial charge on any atom is -0.354 e. The van der Waals surface area contributed by atoms with Crippen molar-refractivity contribution in [3.05, 3.63) is 59.5 Å². The number of aromatic nitrogens is 4. The van der Waals surface area contributed by atoms with E-state index in [-0.39, 0.29) is 0 Å². The van der Waals surface area contributed by atoms with Gasteiger partial charge < -0.3 is 15.1 Å². The van der Waals surface area contributed by atoms with Crippen molar-refractivity contribution >= 4 is 29.6 Å². The van der Waals surface area contributed by atoms with Crippen molar-refractivity contribution in [3.8, 4) is 0 Å². The Morgan fingerprint density at radius 1 is 0.967 bits per heavy atom. The Labute approximate surface area is 176 Å². The van der Waals surface area contributed by atoms with E-state index in [4.69, 9.17) is 9.97 Å². The van der Waals surface area contributed by atoms with Gasteiger partial charge in [-0.2, -0.15) is 5.10 Å². The predicted molar refractivity (Wildman–Crippen MR) is 121 cm³/mol. The highest BCUT2D eigenvalue weighted by molar-refractivity contribution is 5.69. The lowest BCUT2D eigenvalue weighted by molar-refractivity contribution is 0.312. The molecular formula is C23H27N7. The summed E-state index contributed by atoms with van der Waals surface area (Å²) in [6, 6.07) is 14.3. The van der Waals surface area contributed by atoms with Crippen LogP contribution in [0, 0.1) is 0 Å². The van der Waals surface area contributed by atoms with Gasteiger partial charge in [0.25, 0.3) is 0 Å². The molecule has 2 aliphatic rings. The first-order valence-electron chi connectivity index (χ1n) is 10.6. The zero-order valence-corrected chi connectivity index (χ0v) is 17.3. The second kappa shape index (κ2) is 8.28. The number of aromatic amines is 1. The van der Waals surface area contributed by atoms with Gasteiger partial charge in [0.15, 0.2) is 11.6 Å². The van der Waals surface area contributed by atoms with Crippen LogP contribution in [0.5, 0.6) is 0 Å². The Balaban J connectivity index is 1.42. The zero-order valence-electron chi connectivity index (χ0n) is 17.3. The number of likely N-dealkylation sites (N-methyl/N-ethyl adjacent to an activating group) is 1. The van der Waals surface area contributed by atoms with Crippen molar-refractivity contribution < 1.29 is 0 Å². The summed E-state index contributed by atoms with van der Waals surface area (Å²) in [4.78, 5) is 14.2. The summed E-state index contributed by atoms with van der Waals surface area (Å²) in [7, 11) is 2.16. The third kappa shape index (κ3) is 4.52. The summed E-state index contributed by atoms with van der Waals surface area (Å²) in [6.07, 6.45) is 6.52. The molecule has 2 fully saturated rings. The van der Waals surface area contributed by atoms with Crippen molar-refractivity contribution in [2.45, 2.75) is 18.8 Å². The van der Waals surface area contributed by atoms with Crippen LogP contribution in [0.2, 0.25) is 0 Å². The molecule has 5 rings (SSSR count). The van der Waals surface area contributed by atoms with Gasteiger partial charge in [-0.3, -0.25) is 5.10 Å². The van der Waals surface area contributed by atoms with Gasteiger partial charge in [-0.25, -0.2) is 9.97 Å². The van der Waals surface area contributed by atoms with Gasteiger partial charge in [-0.05, 0) is 31.5 Å². The molecule has 0 atom stereocenters. The fourth-order valence-corrected chi connectivity index (χ4v) is 3.66. The Bertz CT molecular complexity index is 1020. The maximum Gasteiger partial charge on any atom is 0.156 e. The largest absolute Gasteiger partial charge is 0.354 e. The highest BCUT2D eigenvalue weighted by Gasteiger charge is 2.25. The lowest BCUT2D eigenvalue weighted by atomic mass is 10.2. The molecule has 3 aromatic rings. The topological polar surface area (TPSA) is 73.0 Å². The molecule has 1 saturated heterocycles. The fourth-order valence-electron chi connectivity index (χ4n) is 3.66. The number of hydrogen-bond donors (Lipinski definition) is 2. The first kappa shape index (κ1) is 18.8. The average Bonchev–Trinajstić information content (AvgIpc) is 3.52. The van der Waals surface area contributed by atoms with Gasteiger partial charge in [0.2, 0.25) is 0 Å². The second-order valence-electron chi connectivity index (χ2n) is 8.11. The van der Waals surface area contributed by atoms with Crippen LogP contribution in [0.15, 0.2) is 42.5 Å². The molecule has 1 aromatic carbocycles. The predicted octanol–water partition coefficient (Wildman–Crippen LogP) is 3.74. The summed E-state index contributed by atoms with van der Waals surface area (Å²) in [5.41, 5.74) is 2.33. The molecule has 2 N–H and O–H groups in total. The van der Waals surface area contributed by atoms with Crippen LogP contribution in [0.3, 0.4) is 0 Å². The first-order valence-corrected chi connectivity index (χ1v) is 10.6. The molecule has 0 unspecified atom stereocenters. The normalized spacial score (nSPS) is 17.6. The summed E-state index contributed by atoms with van der Waals surface area (Å²) < 4.78 is 0. The monoisotopic (exact) mass is 401 g/mol. The highest BCUT2D eigenvalue weighted by atomic mass is 15.3. The number of benzene rings is 1. The second-order valence-corrected chi connectivity index (χ2v) is 8.11. The van der Waals surface area contributed by atoms with Gasteiger partial charge in [0.05, 0.1) is 0 Å². The van der Waals surface area contributed by atoms with E-state index in [1.165, 1.54) is 18.5 Å². The molecule has 30 heavy (non-hydrogen) atoms. The number of piperazine rings is 1. The van der Waals surface area contributed by atoms with Gasteiger partial charge in [-0.15, -0.1) is 0 Å². The number of anilines is 3. The molecule has 3 heterocycles. The smallest absolute Gasteiger partial charge is 0.156 e. The molecule has 0 bridgehead atoms. The quantitative estimate of drug-likeness (QED) is 0.656. The summed E-state index contributed by atoms with van der Waals surface area (Å²) in [5.74, 6) is 3.85. The van der Waals surface area contributed by atoms with Gasteiger partial charge in [0.1, 0.15) is 11.6 Å².